The van der Waals surface area contributed by atoms with Crippen LogP contribution < -0.4 is 4.72 Å². The molecule has 1 N–H and O–H groups in total. The molecule has 4 fully saturated rings. The average molecular weight is 319 g/mol. The summed E-state index contributed by atoms with van der Waals surface area (Å²) in [4.78, 5) is 0.370. The highest BCUT2D eigenvalue weighted by Gasteiger charge is 2.56. The van der Waals surface area contributed by atoms with E-state index in [1.165, 1.54) is 51.1 Å². The van der Waals surface area contributed by atoms with Crippen molar-refractivity contribution in [3.05, 3.63) is 29.8 Å². The summed E-state index contributed by atoms with van der Waals surface area (Å²) in [5.74, 6) is 1.76. The third-order valence-electron chi connectivity index (χ3n) is 6.40. The van der Waals surface area contributed by atoms with Crippen LogP contribution in [0, 0.1) is 17.3 Å². The van der Waals surface area contributed by atoms with E-state index in [1.54, 1.807) is 12.1 Å². The highest BCUT2D eigenvalue weighted by Crippen LogP contribution is 2.65. The van der Waals surface area contributed by atoms with Crippen molar-refractivity contribution < 1.29 is 8.42 Å². The van der Waals surface area contributed by atoms with Crippen LogP contribution in [0.25, 0.3) is 0 Å². The number of hydrogen-bond acceptors (Lipinski definition) is 2. The van der Waals surface area contributed by atoms with Crippen molar-refractivity contribution >= 4 is 10.0 Å². The maximum absolute atomic E-state index is 11.9. The van der Waals surface area contributed by atoms with Gasteiger partial charge in [0.1, 0.15) is 0 Å². The molecule has 2 unspecified atom stereocenters. The Morgan fingerprint density at radius 3 is 2.14 bits per heavy atom. The lowest BCUT2D eigenvalue weighted by Crippen LogP contribution is -2.52. The molecule has 4 bridgehead atoms. The molecule has 22 heavy (non-hydrogen) atoms. The lowest BCUT2D eigenvalue weighted by Gasteiger charge is -2.61. The van der Waals surface area contributed by atoms with Gasteiger partial charge in [-0.15, -0.1) is 0 Å². The average Bonchev–Trinajstić information content (AvgIpc) is 2.45. The van der Waals surface area contributed by atoms with Gasteiger partial charge in [0.15, 0.2) is 0 Å². The Bertz CT molecular complexity index is 678. The van der Waals surface area contributed by atoms with Gasteiger partial charge in [-0.3, -0.25) is 0 Å². The predicted octanol–water partition coefficient (Wildman–Crippen LogP) is 3.45. The van der Waals surface area contributed by atoms with Crippen molar-refractivity contribution in [2.75, 3.05) is 7.05 Å². The smallest absolute Gasteiger partial charge is 0.214 e. The zero-order chi connectivity index (χ0) is 15.6. The molecule has 4 heteroatoms. The third-order valence-corrected chi connectivity index (χ3v) is 7.83. The van der Waals surface area contributed by atoms with E-state index in [-0.39, 0.29) is 0 Å². The third kappa shape index (κ3) is 2.15. The summed E-state index contributed by atoms with van der Waals surface area (Å²) in [6.07, 6.45) is 8.11. The van der Waals surface area contributed by atoms with E-state index in [2.05, 4.69) is 23.8 Å². The highest BCUT2D eigenvalue weighted by atomic mass is 32.2. The summed E-state index contributed by atoms with van der Waals surface area (Å²) in [5.41, 5.74) is 2.18. The van der Waals surface area contributed by atoms with Crippen molar-refractivity contribution in [2.45, 2.75) is 55.8 Å². The first kappa shape index (κ1) is 14.7. The molecular formula is C18H25NO2S. The van der Waals surface area contributed by atoms with Crippen LogP contribution in [-0.2, 0) is 15.4 Å². The first-order valence-electron chi connectivity index (χ1n) is 8.38. The van der Waals surface area contributed by atoms with E-state index < -0.39 is 10.0 Å². The molecule has 0 radical (unpaired) electrons. The fourth-order valence-corrected chi connectivity index (χ4v) is 6.89. The summed E-state index contributed by atoms with van der Waals surface area (Å²) < 4.78 is 26.2. The van der Waals surface area contributed by atoms with E-state index >= 15 is 0 Å². The molecule has 0 saturated heterocycles. The van der Waals surface area contributed by atoms with Crippen molar-refractivity contribution in [2.24, 2.45) is 17.3 Å². The molecule has 0 aliphatic heterocycles. The zero-order valence-corrected chi connectivity index (χ0v) is 14.2. The Balaban J connectivity index is 1.70. The summed E-state index contributed by atoms with van der Waals surface area (Å²) in [7, 11) is -1.87. The fraction of sp³-hybridized carbons (Fsp3) is 0.667. The van der Waals surface area contributed by atoms with Crippen LogP contribution in [0.4, 0.5) is 0 Å². The second-order valence-corrected chi connectivity index (χ2v) is 10.2. The van der Waals surface area contributed by atoms with Gasteiger partial charge in [-0.2, -0.15) is 0 Å². The second-order valence-electron chi connectivity index (χ2n) is 8.28. The minimum absolute atomic E-state index is 0.306. The van der Waals surface area contributed by atoms with Crippen LogP contribution in [0.2, 0.25) is 0 Å². The van der Waals surface area contributed by atoms with E-state index in [4.69, 9.17) is 0 Å². The number of sulfonamides is 1. The minimum Gasteiger partial charge on any atom is -0.214 e. The number of benzene rings is 1. The topological polar surface area (TPSA) is 46.2 Å². The lowest BCUT2D eigenvalue weighted by molar-refractivity contribution is -0.0616. The highest BCUT2D eigenvalue weighted by molar-refractivity contribution is 7.89. The quantitative estimate of drug-likeness (QED) is 0.927. The Kier molecular flexibility index (Phi) is 3.06. The normalized spacial score (nSPS) is 40.1. The molecule has 0 aromatic heterocycles. The Morgan fingerprint density at radius 2 is 1.64 bits per heavy atom. The Labute approximate surface area is 133 Å². The summed E-state index contributed by atoms with van der Waals surface area (Å²) in [6.45, 7) is 2.47. The molecular weight excluding hydrogens is 294 g/mol. The van der Waals surface area contributed by atoms with Gasteiger partial charge in [0.2, 0.25) is 10.0 Å². The molecule has 1 aromatic carbocycles. The second kappa shape index (κ2) is 4.57. The van der Waals surface area contributed by atoms with Gasteiger partial charge in [0.25, 0.3) is 0 Å². The largest absolute Gasteiger partial charge is 0.240 e. The molecule has 4 atom stereocenters. The monoisotopic (exact) mass is 319 g/mol. The van der Waals surface area contributed by atoms with Crippen LogP contribution in [0.5, 0.6) is 0 Å². The van der Waals surface area contributed by atoms with Crippen molar-refractivity contribution in [1.29, 1.82) is 0 Å². The Morgan fingerprint density at radius 1 is 1.05 bits per heavy atom. The molecule has 0 spiro atoms. The molecule has 5 rings (SSSR count). The van der Waals surface area contributed by atoms with Gasteiger partial charge < -0.3 is 0 Å². The maximum atomic E-state index is 11.9. The van der Waals surface area contributed by atoms with Crippen molar-refractivity contribution in [3.8, 4) is 0 Å². The van der Waals surface area contributed by atoms with Crippen molar-refractivity contribution in [3.63, 3.8) is 0 Å². The van der Waals surface area contributed by atoms with Crippen LogP contribution >= 0.6 is 0 Å². The molecule has 4 saturated carbocycles. The van der Waals surface area contributed by atoms with Gasteiger partial charge in [-0.25, -0.2) is 13.1 Å². The molecule has 120 valence electrons. The van der Waals surface area contributed by atoms with E-state index in [9.17, 15) is 8.42 Å². The van der Waals surface area contributed by atoms with E-state index in [1.807, 2.05) is 0 Å². The zero-order valence-electron chi connectivity index (χ0n) is 13.4. The van der Waals surface area contributed by atoms with Crippen LogP contribution in [0.1, 0.15) is 51.0 Å². The fourth-order valence-electron chi connectivity index (χ4n) is 6.16. The molecule has 1 aromatic rings. The Hall–Kier alpha value is -0.870. The summed E-state index contributed by atoms with van der Waals surface area (Å²) >= 11 is 0. The number of hydrogen-bond donors (Lipinski definition) is 1. The van der Waals surface area contributed by atoms with Crippen LogP contribution in [0.3, 0.4) is 0 Å². The lowest BCUT2D eigenvalue weighted by atomic mass is 9.43. The first-order valence-corrected chi connectivity index (χ1v) is 9.87. The minimum atomic E-state index is -3.33. The van der Waals surface area contributed by atoms with Crippen LogP contribution in [0.15, 0.2) is 29.2 Å². The van der Waals surface area contributed by atoms with Gasteiger partial charge in [-0.1, -0.05) is 19.1 Å². The van der Waals surface area contributed by atoms with Gasteiger partial charge >= 0.3 is 0 Å². The first-order chi connectivity index (χ1) is 10.3. The summed E-state index contributed by atoms with van der Waals surface area (Å²) in [6, 6.07) is 7.70. The number of nitrogens with one attached hydrogen (secondary N) is 1. The summed E-state index contributed by atoms with van der Waals surface area (Å²) in [5, 5.41) is 0. The van der Waals surface area contributed by atoms with Gasteiger partial charge in [0, 0.05) is 0 Å². The predicted molar refractivity (Wildman–Crippen MR) is 87.2 cm³/mol. The molecule has 3 nitrogen and oxygen atoms in total. The molecule has 4 aliphatic rings. The molecule has 0 heterocycles. The van der Waals surface area contributed by atoms with Gasteiger partial charge in [0.05, 0.1) is 4.90 Å². The SMILES string of the molecule is CNS(=O)(=O)c1ccc(C23C[C@@H]4C[C@@H](CC(C)(C4)C2)C3)cc1. The molecule has 4 aliphatic carbocycles. The van der Waals surface area contributed by atoms with Crippen molar-refractivity contribution in [1.82, 2.24) is 4.72 Å². The van der Waals surface area contributed by atoms with Gasteiger partial charge in [-0.05, 0) is 85.9 Å². The van der Waals surface area contributed by atoms with Crippen LogP contribution in [-0.4, -0.2) is 15.5 Å². The number of rotatable bonds is 3. The van der Waals surface area contributed by atoms with E-state index in [0.717, 1.165) is 11.8 Å². The van der Waals surface area contributed by atoms with E-state index in [0.29, 0.717) is 15.7 Å². The standard InChI is InChI=1S/C18H25NO2S/c1-17-8-13-7-14(9-17)11-18(10-13,12-17)15-3-5-16(6-4-15)22(20,21)19-2/h3-6,13-14,19H,7-12H2,1-2H3/t13-,14+,17?,18?. The molecule has 0 amide bonds. The maximum Gasteiger partial charge on any atom is 0.240 e.